The fourth-order valence-electron chi connectivity index (χ4n) is 1.44. The highest BCUT2D eigenvalue weighted by Gasteiger charge is 2.12. The van der Waals surface area contributed by atoms with Crippen LogP contribution in [0.3, 0.4) is 0 Å². The molecule has 1 aromatic heterocycles. The predicted molar refractivity (Wildman–Crippen MR) is 78.1 cm³/mol. The number of carbonyl (C=O) groups is 1. The summed E-state index contributed by atoms with van der Waals surface area (Å²) in [5.41, 5.74) is 8.10. The van der Waals surface area contributed by atoms with Crippen molar-refractivity contribution >= 4 is 44.5 Å². The van der Waals surface area contributed by atoms with Crippen LogP contribution in [0.4, 0.5) is 11.4 Å². The standard InChI is InChI=1S/C12H12BrN3OS/c1-6-3-8(13)10(4-9(6)14)16-12(17)11-5-15-7(2)18-11/h3-5H,14H2,1-2H3,(H,16,17). The van der Waals surface area contributed by atoms with E-state index in [4.69, 9.17) is 5.73 Å². The average molecular weight is 326 g/mol. The van der Waals surface area contributed by atoms with Gasteiger partial charge in [0.05, 0.1) is 16.9 Å². The third kappa shape index (κ3) is 2.70. The molecule has 2 aromatic rings. The molecule has 1 heterocycles. The Morgan fingerprint density at radius 1 is 1.44 bits per heavy atom. The molecule has 1 amide bonds. The second-order valence-corrected chi connectivity index (χ2v) is 5.98. The lowest BCUT2D eigenvalue weighted by molar-refractivity contribution is 0.103. The van der Waals surface area contributed by atoms with Crippen LogP contribution in [0.5, 0.6) is 0 Å². The number of nitrogens with one attached hydrogen (secondary N) is 1. The average Bonchev–Trinajstić information content (AvgIpc) is 2.73. The van der Waals surface area contributed by atoms with Gasteiger partial charge in [0.25, 0.3) is 5.91 Å². The molecule has 0 aliphatic heterocycles. The van der Waals surface area contributed by atoms with E-state index < -0.39 is 0 Å². The van der Waals surface area contributed by atoms with Crippen LogP contribution in [0.25, 0.3) is 0 Å². The number of benzene rings is 1. The summed E-state index contributed by atoms with van der Waals surface area (Å²) >= 11 is 4.76. The van der Waals surface area contributed by atoms with Crippen LogP contribution in [0.2, 0.25) is 0 Å². The van der Waals surface area contributed by atoms with Gasteiger partial charge in [-0.05, 0) is 47.5 Å². The lowest BCUT2D eigenvalue weighted by Crippen LogP contribution is -2.11. The molecule has 0 unspecified atom stereocenters. The molecule has 0 radical (unpaired) electrons. The summed E-state index contributed by atoms with van der Waals surface area (Å²) in [5.74, 6) is -0.176. The minimum absolute atomic E-state index is 0.176. The molecule has 6 heteroatoms. The van der Waals surface area contributed by atoms with Gasteiger partial charge in [-0.3, -0.25) is 4.79 Å². The zero-order chi connectivity index (χ0) is 13.3. The maximum Gasteiger partial charge on any atom is 0.267 e. The van der Waals surface area contributed by atoms with Gasteiger partial charge in [0.2, 0.25) is 0 Å². The Bertz CT molecular complexity index is 609. The highest BCUT2D eigenvalue weighted by molar-refractivity contribution is 9.10. The Hall–Kier alpha value is -1.40. The number of aryl methyl sites for hydroxylation is 2. The Kier molecular flexibility index (Phi) is 3.68. The Balaban J connectivity index is 2.24. The molecule has 0 aliphatic carbocycles. The van der Waals surface area contributed by atoms with Crippen molar-refractivity contribution in [1.82, 2.24) is 4.98 Å². The molecule has 0 aliphatic rings. The number of rotatable bonds is 2. The predicted octanol–water partition coefficient (Wildman–Crippen LogP) is 3.36. The van der Waals surface area contributed by atoms with Crippen molar-refractivity contribution in [2.24, 2.45) is 0 Å². The van der Waals surface area contributed by atoms with E-state index in [2.05, 4.69) is 26.2 Å². The first kappa shape index (κ1) is 13.0. The summed E-state index contributed by atoms with van der Waals surface area (Å²) < 4.78 is 0.809. The van der Waals surface area contributed by atoms with Crippen LogP contribution in [-0.4, -0.2) is 10.9 Å². The minimum atomic E-state index is -0.176. The van der Waals surface area contributed by atoms with Crippen molar-refractivity contribution in [2.45, 2.75) is 13.8 Å². The van der Waals surface area contributed by atoms with Crippen LogP contribution < -0.4 is 11.1 Å². The van der Waals surface area contributed by atoms with E-state index in [0.717, 1.165) is 15.0 Å². The Labute approximate surface area is 117 Å². The third-order valence-corrected chi connectivity index (χ3v) is 4.02. The van der Waals surface area contributed by atoms with Crippen molar-refractivity contribution in [2.75, 3.05) is 11.1 Å². The van der Waals surface area contributed by atoms with Crippen molar-refractivity contribution in [1.29, 1.82) is 0 Å². The molecule has 0 bridgehead atoms. The van der Waals surface area contributed by atoms with Crippen molar-refractivity contribution in [3.63, 3.8) is 0 Å². The van der Waals surface area contributed by atoms with Crippen LogP contribution in [0.15, 0.2) is 22.8 Å². The maximum atomic E-state index is 12.0. The molecule has 0 spiro atoms. The summed E-state index contributed by atoms with van der Waals surface area (Å²) in [4.78, 5) is 16.6. The van der Waals surface area contributed by atoms with Gasteiger partial charge in [0.1, 0.15) is 4.88 Å². The fraction of sp³-hybridized carbons (Fsp3) is 0.167. The number of halogens is 1. The molecule has 0 saturated carbocycles. The van der Waals surface area contributed by atoms with E-state index in [9.17, 15) is 4.79 Å². The molecule has 18 heavy (non-hydrogen) atoms. The van der Waals surface area contributed by atoms with Crippen LogP contribution in [-0.2, 0) is 0 Å². The smallest absolute Gasteiger partial charge is 0.267 e. The number of thiazole rings is 1. The summed E-state index contributed by atoms with van der Waals surface area (Å²) in [6.45, 7) is 3.78. The van der Waals surface area contributed by atoms with E-state index in [-0.39, 0.29) is 5.91 Å². The molecule has 0 saturated heterocycles. The highest BCUT2D eigenvalue weighted by Crippen LogP contribution is 2.28. The highest BCUT2D eigenvalue weighted by atomic mass is 79.9. The second-order valence-electron chi connectivity index (χ2n) is 3.89. The van der Waals surface area contributed by atoms with Crippen molar-refractivity contribution in [3.05, 3.63) is 38.3 Å². The molecule has 94 valence electrons. The number of nitrogen functional groups attached to an aromatic ring is 1. The molecule has 0 fully saturated rings. The zero-order valence-electron chi connectivity index (χ0n) is 9.95. The molecular formula is C12H12BrN3OS. The minimum Gasteiger partial charge on any atom is -0.398 e. The van der Waals surface area contributed by atoms with Crippen LogP contribution in [0, 0.1) is 13.8 Å². The monoisotopic (exact) mass is 325 g/mol. The number of carbonyl (C=O) groups excluding carboxylic acids is 1. The van der Waals surface area contributed by atoms with Crippen LogP contribution >= 0.6 is 27.3 Å². The summed E-state index contributed by atoms with van der Waals surface area (Å²) in [6, 6.07) is 3.62. The van der Waals surface area contributed by atoms with Crippen molar-refractivity contribution < 1.29 is 4.79 Å². The number of hydrogen-bond acceptors (Lipinski definition) is 4. The Morgan fingerprint density at radius 3 is 2.78 bits per heavy atom. The quantitative estimate of drug-likeness (QED) is 0.832. The zero-order valence-corrected chi connectivity index (χ0v) is 12.4. The lowest BCUT2D eigenvalue weighted by atomic mass is 10.2. The van der Waals surface area contributed by atoms with E-state index in [1.165, 1.54) is 11.3 Å². The number of aromatic nitrogens is 1. The lowest BCUT2D eigenvalue weighted by Gasteiger charge is -2.09. The van der Waals surface area contributed by atoms with E-state index in [1.807, 2.05) is 19.9 Å². The topological polar surface area (TPSA) is 68.0 Å². The van der Waals surface area contributed by atoms with E-state index >= 15 is 0 Å². The normalized spacial score (nSPS) is 10.4. The first-order chi connectivity index (χ1) is 8.47. The van der Waals surface area contributed by atoms with Gasteiger partial charge in [-0.2, -0.15) is 0 Å². The molecule has 0 atom stereocenters. The SMILES string of the molecule is Cc1ncc(C(=O)Nc2cc(N)c(C)cc2Br)s1. The first-order valence-corrected chi connectivity index (χ1v) is 6.87. The molecular weight excluding hydrogens is 314 g/mol. The van der Waals surface area contributed by atoms with Gasteiger partial charge in [0, 0.05) is 10.2 Å². The summed E-state index contributed by atoms with van der Waals surface area (Å²) in [6.07, 6.45) is 1.57. The number of nitrogens with two attached hydrogens (primary N) is 1. The summed E-state index contributed by atoms with van der Waals surface area (Å²) in [7, 11) is 0. The van der Waals surface area contributed by atoms with Gasteiger partial charge in [0.15, 0.2) is 0 Å². The molecule has 3 N–H and O–H groups in total. The third-order valence-electron chi connectivity index (χ3n) is 2.45. The number of anilines is 2. The first-order valence-electron chi connectivity index (χ1n) is 5.27. The van der Waals surface area contributed by atoms with Gasteiger partial charge < -0.3 is 11.1 Å². The summed E-state index contributed by atoms with van der Waals surface area (Å²) in [5, 5.41) is 3.68. The number of nitrogens with zero attached hydrogens (tertiary/aromatic N) is 1. The molecule has 1 aromatic carbocycles. The maximum absolute atomic E-state index is 12.0. The number of amides is 1. The van der Waals surface area contributed by atoms with Gasteiger partial charge in [-0.15, -0.1) is 11.3 Å². The number of hydrogen-bond donors (Lipinski definition) is 2. The van der Waals surface area contributed by atoms with Crippen molar-refractivity contribution in [3.8, 4) is 0 Å². The molecule has 2 rings (SSSR count). The van der Waals surface area contributed by atoms with Crippen LogP contribution in [0.1, 0.15) is 20.2 Å². The second kappa shape index (κ2) is 5.07. The largest absolute Gasteiger partial charge is 0.398 e. The van der Waals surface area contributed by atoms with E-state index in [0.29, 0.717) is 16.3 Å². The van der Waals surface area contributed by atoms with Gasteiger partial charge in [-0.1, -0.05) is 0 Å². The van der Waals surface area contributed by atoms with E-state index in [1.54, 1.807) is 12.3 Å². The Morgan fingerprint density at radius 2 is 2.17 bits per heavy atom. The molecule has 4 nitrogen and oxygen atoms in total. The fourth-order valence-corrected chi connectivity index (χ4v) is 2.67. The van der Waals surface area contributed by atoms with Gasteiger partial charge >= 0.3 is 0 Å². The van der Waals surface area contributed by atoms with Gasteiger partial charge in [-0.25, -0.2) is 4.98 Å².